The molecule has 3 N–H and O–H groups in total. The van der Waals surface area contributed by atoms with Crippen LogP contribution in [0.5, 0.6) is 0 Å². The van der Waals surface area contributed by atoms with Gasteiger partial charge in [0.25, 0.3) is 5.91 Å². The molecular weight excluding hydrogens is 414 g/mol. The molecule has 0 spiro atoms. The van der Waals surface area contributed by atoms with Crippen LogP contribution < -0.4 is 16.5 Å². The molecule has 1 amide bonds. The lowest BCUT2D eigenvalue weighted by Crippen LogP contribution is -2.25. The zero-order valence-electron chi connectivity index (χ0n) is 17.0. The van der Waals surface area contributed by atoms with Crippen molar-refractivity contribution in [1.29, 1.82) is 0 Å². The smallest absolute Gasteiger partial charge is 0.254 e. The molecule has 0 bridgehead atoms. The fourth-order valence-electron chi connectivity index (χ4n) is 3.58. The normalized spacial score (nSPS) is 10.9. The van der Waals surface area contributed by atoms with Crippen molar-refractivity contribution in [3.8, 4) is 0 Å². The number of pyridine rings is 2. The molecule has 0 saturated heterocycles. The van der Waals surface area contributed by atoms with E-state index in [2.05, 4.69) is 10.3 Å². The van der Waals surface area contributed by atoms with Gasteiger partial charge in [-0.05, 0) is 30.2 Å². The van der Waals surface area contributed by atoms with E-state index >= 15 is 4.39 Å². The number of rotatable bonds is 7. The molecule has 2 aromatic carbocycles. The first-order valence-corrected chi connectivity index (χ1v) is 9.98. The van der Waals surface area contributed by atoms with Crippen LogP contribution in [0.25, 0.3) is 10.9 Å². The Balaban J connectivity index is 1.81. The summed E-state index contributed by atoms with van der Waals surface area (Å²) in [4.78, 5) is 28.6. The number of hydrogen-bond donors (Lipinski definition) is 2. The highest BCUT2D eigenvalue weighted by Crippen LogP contribution is 2.24. The number of primary amides is 1. The van der Waals surface area contributed by atoms with Crippen LogP contribution in [0.2, 0.25) is 0 Å². The number of hydrogen-bond acceptors (Lipinski definition) is 4. The van der Waals surface area contributed by atoms with Crippen LogP contribution in [0.3, 0.4) is 0 Å². The predicted octanol–water partition coefficient (Wildman–Crippen LogP) is 3.63. The molecular formula is C24H20F2N4O2. The van der Waals surface area contributed by atoms with Crippen LogP contribution in [0.4, 0.5) is 14.6 Å². The lowest BCUT2D eigenvalue weighted by atomic mass is 10.1. The Bertz CT molecular complexity index is 1340. The molecule has 6 nitrogen and oxygen atoms in total. The molecule has 0 atom stereocenters. The Morgan fingerprint density at radius 1 is 1.09 bits per heavy atom. The van der Waals surface area contributed by atoms with Gasteiger partial charge in [-0.15, -0.1) is 0 Å². The number of carbonyl (C=O) groups excluding carboxylic acids is 1. The molecule has 2 heterocycles. The highest BCUT2D eigenvalue weighted by atomic mass is 19.1. The van der Waals surface area contributed by atoms with Gasteiger partial charge in [0.1, 0.15) is 17.2 Å². The summed E-state index contributed by atoms with van der Waals surface area (Å²) in [5, 5.41) is 2.65. The second kappa shape index (κ2) is 8.97. The highest BCUT2D eigenvalue weighted by Gasteiger charge is 2.21. The summed E-state index contributed by atoms with van der Waals surface area (Å²) in [6, 6.07) is 15.6. The molecule has 0 radical (unpaired) electrons. The Hall–Kier alpha value is -4.07. The van der Waals surface area contributed by atoms with Crippen molar-refractivity contribution in [3.05, 3.63) is 106 Å². The second-order valence-electron chi connectivity index (χ2n) is 7.28. The molecule has 0 aliphatic rings. The first-order chi connectivity index (χ1) is 15.5. The van der Waals surface area contributed by atoms with Gasteiger partial charge >= 0.3 is 0 Å². The lowest BCUT2D eigenvalue weighted by Gasteiger charge is -2.16. The molecule has 0 aliphatic heterocycles. The van der Waals surface area contributed by atoms with Gasteiger partial charge in [0, 0.05) is 31.0 Å². The molecule has 0 fully saturated rings. The SMILES string of the molecule is NC(=O)c1cn(CCc2ccccc2)c2c(F)c(CNc3ccccn3)c(F)cc2c1=O. The van der Waals surface area contributed by atoms with E-state index in [9.17, 15) is 14.0 Å². The molecule has 0 unspecified atom stereocenters. The van der Waals surface area contributed by atoms with Gasteiger partial charge in [-0.1, -0.05) is 36.4 Å². The van der Waals surface area contributed by atoms with Gasteiger partial charge in [-0.2, -0.15) is 0 Å². The first-order valence-electron chi connectivity index (χ1n) is 9.98. The number of fused-ring (bicyclic) bond motifs is 1. The molecule has 4 rings (SSSR count). The average molecular weight is 434 g/mol. The topological polar surface area (TPSA) is 90.0 Å². The van der Waals surface area contributed by atoms with Crippen molar-refractivity contribution >= 4 is 22.6 Å². The number of nitrogens with zero attached hydrogens (tertiary/aromatic N) is 2. The van der Waals surface area contributed by atoms with Crippen LogP contribution in [0.15, 0.2) is 71.8 Å². The van der Waals surface area contributed by atoms with E-state index in [1.807, 2.05) is 30.3 Å². The number of benzene rings is 2. The van der Waals surface area contributed by atoms with Crippen molar-refractivity contribution < 1.29 is 13.6 Å². The minimum Gasteiger partial charge on any atom is -0.366 e. The van der Waals surface area contributed by atoms with Crippen molar-refractivity contribution in [2.24, 2.45) is 5.73 Å². The maximum atomic E-state index is 15.6. The van der Waals surface area contributed by atoms with Gasteiger partial charge in [0.2, 0.25) is 5.43 Å². The van der Waals surface area contributed by atoms with Crippen LogP contribution in [-0.4, -0.2) is 15.5 Å². The van der Waals surface area contributed by atoms with Crippen molar-refractivity contribution in [3.63, 3.8) is 0 Å². The number of anilines is 1. The van der Waals surface area contributed by atoms with Gasteiger partial charge in [-0.25, -0.2) is 13.8 Å². The van der Waals surface area contributed by atoms with E-state index in [1.165, 1.54) is 10.8 Å². The quantitative estimate of drug-likeness (QED) is 0.465. The maximum Gasteiger partial charge on any atom is 0.254 e. The maximum absolute atomic E-state index is 15.6. The second-order valence-corrected chi connectivity index (χ2v) is 7.28. The number of amides is 1. The van der Waals surface area contributed by atoms with Crippen LogP contribution in [-0.2, 0) is 19.5 Å². The molecule has 4 aromatic rings. The van der Waals surface area contributed by atoms with E-state index in [1.54, 1.807) is 24.4 Å². The third-order valence-corrected chi connectivity index (χ3v) is 5.21. The summed E-state index contributed by atoms with van der Waals surface area (Å²) < 4.78 is 31.8. The number of halogens is 2. The molecule has 8 heteroatoms. The zero-order valence-corrected chi connectivity index (χ0v) is 17.0. The number of aromatic nitrogens is 2. The number of aryl methyl sites for hydroxylation is 2. The van der Waals surface area contributed by atoms with Gasteiger partial charge in [0.15, 0.2) is 5.82 Å². The van der Waals surface area contributed by atoms with Crippen LogP contribution >= 0.6 is 0 Å². The summed E-state index contributed by atoms with van der Waals surface area (Å²) >= 11 is 0. The number of carbonyl (C=O) groups is 1. The largest absolute Gasteiger partial charge is 0.366 e. The van der Waals surface area contributed by atoms with Crippen LogP contribution in [0, 0.1) is 11.6 Å². The molecule has 162 valence electrons. The standard InChI is InChI=1S/C24H20F2N4O2/c25-19-12-16-22(21(26)17(19)13-29-20-8-4-5-10-28-20)30(14-18(23(16)31)24(27)32)11-9-15-6-2-1-3-7-15/h1-8,10,12,14H,9,11,13H2,(H2,27,32)(H,28,29). The monoisotopic (exact) mass is 434 g/mol. The van der Waals surface area contributed by atoms with Crippen molar-refractivity contribution in [2.45, 2.75) is 19.5 Å². The predicted molar refractivity (Wildman–Crippen MR) is 118 cm³/mol. The first kappa shape index (κ1) is 21.2. The minimum absolute atomic E-state index is 0.0739. The Labute approximate surface area is 182 Å². The van der Waals surface area contributed by atoms with E-state index in [-0.39, 0.29) is 35.1 Å². The number of nitrogens with two attached hydrogens (primary N) is 1. The van der Waals surface area contributed by atoms with E-state index < -0.39 is 23.0 Å². The summed E-state index contributed by atoms with van der Waals surface area (Å²) in [7, 11) is 0. The van der Waals surface area contributed by atoms with E-state index in [0.717, 1.165) is 11.6 Å². The average Bonchev–Trinajstić information content (AvgIpc) is 2.80. The molecule has 0 saturated carbocycles. The fourth-order valence-corrected chi connectivity index (χ4v) is 3.58. The fraction of sp³-hybridized carbons (Fsp3) is 0.125. The summed E-state index contributed by atoms with van der Waals surface area (Å²) in [6.45, 7) is 0.0891. The third-order valence-electron chi connectivity index (χ3n) is 5.21. The summed E-state index contributed by atoms with van der Waals surface area (Å²) in [5.74, 6) is -2.26. The highest BCUT2D eigenvalue weighted by molar-refractivity contribution is 5.96. The van der Waals surface area contributed by atoms with E-state index in [0.29, 0.717) is 12.2 Å². The van der Waals surface area contributed by atoms with Gasteiger partial charge in [0.05, 0.1) is 10.9 Å². The van der Waals surface area contributed by atoms with Crippen molar-refractivity contribution in [1.82, 2.24) is 9.55 Å². The van der Waals surface area contributed by atoms with Crippen molar-refractivity contribution in [2.75, 3.05) is 5.32 Å². The lowest BCUT2D eigenvalue weighted by molar-refractivity contribution is 0.0998. The minimum atomic E-state index is -0.952. The van der Waals surface area contributed by atoms with E-state index in [4.69, 9.17) is 5.73 Å². The number of nitrogens with one attached hydrogen (secondary N) is 1. The summed E-state index contributed by atoms with van der Waals surface area (Å²) in [5.41, 5.74) is 4.90. The van der Waals surface area contributed by atoms with Gasteiger partial charge in [-0.3, -0.25) is 9.59 Å². The third kappa shape index (κ3) is 4.20. The van der Waals surface area contributed by atoms with Gasteiger partial charge < -0.3 is 15.6 Å². The zero-order chi connectivity index (χ0) is 22.7. The molecule has 2 aromatic heterocycles. The Kier molecular flexibility index (Phi) is 5.93. The molecule has 32 heavy (non-hydrogen) atoms. The molecule has 0 aliphatic carbocycles. The Morgan fingerprint density at radius 2 is 1.84 bits per heavy atom. The summed E-state index contributed by atoms with van der Waals surface area (Å²) in [6.07, 6.45) is 3.31. The van der Waals surface area contributed by atoms with Crippen LogP contribution in [0.1, 0.15) is 21.5 Å². The Morgan fingerprint density at radius 3 is 2.53 bits per heavy atom.